The Balaban J connectivity index is 3.59. The number of carboxylic acids is 1. The van der Waals surface area contributed by atoms with Crippen molar-refractivity contribution in [2.75, 3.05) is 19.0 Å². The average Bonchev–Trinajstić information content (AvgIpc) is 2.08. The van der Waals surface area contributed by atoms with Crippen molar-refractivity contribution in [3.05, 3.63) is 0 Å². The molecule has 4 heteroatoms. The topological polar surface area (TPSA) is 46.5 Å². The molecule has 0 aromatic rings. The van der Waals surface area contributed by atoms with Gasteiger partial charge in [-0.1, -0.05) is 27.7 Å². The van der Waals surface area contributed by atoms with E-state index in [1.807, 2.05) is 13.8 Å². The second-order valence-corrected chi connectivity index (χ2v) is 5.59. The molecular formula is C11H22O3S. The summed E-state index contributed by atoms with van der Waals surface area (Å²) >= 11 is 1.46. The summed E-state index contributed by atoms with van der Waals surface area (Å²) in [6.45, 7) is 9.45. The lowest BCUT2D eigenvalue weighted by atomic mass is 10.1. The van der Waals surface area contributed by atoms with Gasteiger partial charge in [0.2, 0.25) is 0 Å². The maximum Gasteiger partial charge on any atom is 0.316 e. The second kappa shape index (κ2) is 7.99. The van der Waals surface area contributed by atoms with Gasteiger partial charge < -0.3 is 9.84 Å². The zero-order chi connectivity index (χ0) is 11.8. The average molecular weight is 234 g/mol. The molecule has 3 nitrogen and oxygen atoms in total. The SMILES string of the molecule is CC(C)COCCSC(C(=O)O)C(C)C. The predicted molar refractivity (Wildman–Crippen MR) is 64.4 cm³/mol. The van der Waals surface area contributed by atoms with Crippen molar-refractivity contribution in [2.24, 2.45) is 11.8 Å². The molecule has 0 aliphatic rings. The number of thioether (sulfide) groups is 1. The maximum atomic E-state index is 10.9. The van der Waals surface area contributed by atoms with E-state index in [0.29, 0.717) is 12.5 Å². The van der Waals surface area contributed by atoms with Gasteiger partial charge in [-0.25, -0.2) is 0 Å². The van der Waals surface area contributed by atoms with Crippen LogP contribution in [0.5, 0.6) is 0 Å². The van der Waals surface area contributed by atoms with E-state index in [1.54, 1.807) is 0 Å². The first-order valence-corrected chi connectivity index (χ1v) is 6.42. The standard InChI is InChI=1S/C11H22O3S/c1-8(2)7-14-5-6-15-10(9(3)4)11(12)13/h8-10H,5-7H2,1-4H3,(H,12,13). The molecule has 0 bridgehead atoms. The summed E-state index contributed by atoms with van der Waals surface area (Å²) in [6.07, 6.45) is 0. The number of carbonyl (C=O) groups is 1. The molecule has 0 heterocycles. The monoisotopic (exact) mass is 234 g/mol. The molecule has 0 radical (unpaired) electrons. The van der Waals surface area contributed by atoms with Crippen LogP contribution in [0.15, 0.2) is 0 Å². The predicted octanol–water partition coefficient (Wildman–Crippen LogP) is 2.50. The quantitative estimate of drug-likeness (QED) is 0.655. The summed E-state index contributed by atoms with van der Waals surface area (Å²) in [6, 6.07) is 0. The van der Waals surface area contributed by atoms with Gasteiger partial charge in [0.25, 0.3) is 0 Å². The van der Waals surface area contributed by atoms with Crippen LogP contribution in [0.4, 0.5) is 0 Å². The van der Waals surface area contributed by atoms with Gasteiger partial charge in [-0.3, -0.25) is 4.79 Å². The third kappa shape index (κ3) is 7.68. The molecule has 0 fully saturated rings. The van der Waals surface area contributed by atoms with Gasteiger partial charge >= 0.3 is 5.97 Å². The van der Waals surface area contributed by atoms with Crippen molar-refractivity contribution < 1.29 is 14.6 Å². The molecule has 1 unspecified atom stereocenters. The first-order chi connectivity index (χ1) is 6.95. The summed E-state index contributed by atoms with van der Waals surface area (Å²) in [7, 11) is 0. The maximum absolute atomic E-state index is 10.9. The lowest BCUT2D eigenvalue weighted by Crippen LogP contribution is -2.23. The van der Waals surface area contributed by atoms with E-state index in [0.717, 1.165) is 12.4 Å². The van der Waals surface area contributed by atoms with E-state index >= 15 is 0 Å². The van der Waals surface area contributed by atoms with Crippen LogP contribution in [0.2, 0.25) is 0 Å². The summed E-state index contributed by atoms with van der Waals surface area (Å²) in [5.41, 5.74) is 0. The van der Waals surface area contributed by atoms with Gasteiger partial charge in [0.1, 0.15) is 5.25 Å². The van der Waals surface area contributed by atoms with E-state index in [2.05, 4.69) is 13.8 Å². The van der Waals surface area contributed by atoms with Gasteiger partial charge in [0.05, 0.1) is 6.61 Å². The fourth-order valence-electron chi connectivity index (χ4n) is 1.10. The first kappa shape index (κ1) is 14.8. The van der Waals surface area contributed by atoms with Gasteiger partial charge in [-0.05, 0) is 11.8 Å². The summed E-state index contributed by atoms with van der Waals surface area (Å²) in [4.78, 5) is 10.9. The fourth-order valence-corrected chi connectivity index (χ4v) is 2.10. The van der Waals surface area contributed by atoms with Crippen LogP contribution in [-0.2, 0) is 9.53 Å². The van der Waals surface area contributed by atoms with E-state index < -0.39 is 5.97 Å². The van der Waals surface area contributed by atoms with Crippen LogP contribution >= 0.6 is 11.8 Å². The normalized spacial score (nSPS) is 13.5. The van der Waals surface area contributed by atoms with Crippen molar-refractivity contribution in [1.29, 1.82) is 0 Å². The third-order valence-corrected chi connectivity index (χ3v) is 3.33. The van der Waals surface area contributed by atoms with E-state index in [-0.39, 0.29) is 11.2 Å². The molecule has 0 aliphatic heterocycles. The Morgan fingerprint density at radius 3 is 2.33 bits per heavy atom. The van der Waals surface area contributed by atoms with Crippen LogP contribution in [0.3, 0.4) is 0 Å². The van der Waals surface area contributed by atoms with Gasteiger partial charge in [0.15, 0.2) is 0 Å². The van der Waals surface area contributed by atoms with Crippen molar-refractivity contribution in [2.45, 2.75) is 32.9 Å². The Hall–Kier alpha value is -0.220. The van der Waals surface area contributed by atoms with E-state index in [1.165, 1.54) is 11.8 Å². The number of hydrogen-bond acceptors (Lipinski definition) is 3. The molecule has 0 saturated heterocycles. The minimum absolute atomic E-state index is 0.164. The lowest BCUT2D eigenvalue weighted by Gasteiger charge is -2.15. The van der Waals surface area contributed by atoms with E-state index in [9.17, 15) is 4.79 Å². The second-order valence-electron chi connectivity index (χ2n) is 4.34. The van der Waals surface area contributed by atoms with Crippen LogP contribution in [0, 0.1) is 11.8 Å². The van der Waals surface area contributed by atoms with Crippen LogP contribution in [0.1, 0.15) is 27.7 Å². The van der Waals surface area contributed by atoms with Crippen LogP contribution < -0.4 is 0 Å². The number of aliphatic carboxylic acids is 1. The van der Waals surface area contributed by atoms with Crippen molar-refractivity contribution >= 4 is 17.7 Å². The number of ether oxygens (including phenoxy) is 1. The Kier molecular flexibility index (Phi) is 7.88. The highest BCUT2D eigenvalue weighted by molar-refractivity contribution is 8.00. The molecule has 0 saturated carbocycles. The molecule has 0 spiro atoms. The molecule has 0 aromatic heterocycles. The Morgan fingerprint density at radius 2 is 1.93 bits per heavy atom. The first-order valence-electron chi connectivity index (χ1n) is 5.37. The number of hydrogen-bond donors (Lipinski definition) is 1. The molecule has 0 rings (SSSR count). The molecule has 0 amide bonds. The van der Waals surface area contributed by atoms with Crippen molar-refractivity contribution in [3.63, 3.8) is 0 Å². The molecule has 1 N–H and O–H groups in total. The van der Waals surface area contributed by atoms with Gasteiger partial charge in [0, 0.05) is 12.4 Å². The minimum Gasteiger partial charge on any atom is -0.480 e. The molecule has 15 heavy (non-hydrogen) atoms. The lowest BCUT2D eigenvalue weighted by molar-refractivity contribution is -0.137. The zero-order valence-corrected chi connectivity index (χ0v) is 10.8. The molecular weight excluding hydrogens is 212 g/mol. The number of rotatable bonds is 8. The number of carboxylic acid groups (broad SMARTS) is 1. The fraction of sp³-hybridized carbons (Fsp3) is 0.909. The van der Waals surface area contributed by atoms with Crippen LogP contribution in [-0.4, -0.2) is 35.3 Å². The molecule has 1 atom stereocenters. The molecule has 90 valence electrons. The van der Waals surface area contributed by atoms with Gasteiger partial charge in [-0.15, -0.1) is 11.8 Å². The highest BCUT2D eigenvalue weighted by Gasteiger charge is 2.21. The smallest absolute Gasteiger partial charge is 0.316 e. The summed E-state index contributed by atoms with van der Waals surface area (Å²) in [5.74, 6) is 0.730. The van der Waals surface area contributed by atoms with Crippen LogP contribution in [0.25, 0.3) is 0 Å². The highest BCUT2D eigenvalue weighted by atomic mass is 32.2. The summed E-state index contributed by atoms with van der Waals surface area (Å²) < 4.78 is 5.39. The highest BCUT2D eigenvalue weighted by Crippen LogP contribution is 2.19. The third-order valence-electron chi connectivity index (χ3n) is 1.83. The van der Waals surface area contributed by atoms with Crippen molar-refractivity contribution in [1.82, 2.24) is 0 Å². The summed E-state index contributed by atoms with van der Waals surface area (Å²) in [5, 5.41) is 8.61. The Bertz CT molecular complexity index is 181. The molecule has 0 aromatic carbocycles. The van der Waals surface area contributed by atoms with Gasteiger partial charge in [-0.2, -0.15) is 0 Å². The minimum atomic E-state index is -0.723. The molecule has 0 aliphatic carbocycles. The Labute approximate surface area is 96.6 Å². The van der Waals surface area contributed by atoms with E-state index in [4.69, 9.17) is 9.84 Å². The zero-order valence-electron chi connectivity index (χ0n) is 10.0. The van der Waals surface area contributed by atoms with Crippen molar-refractivity contribution in [3.8, 4) is 0 Å². The Morgan fingerprint density at radius 1 is 1.33 bits per heavy atom. The largest absolute Gasteiger partial charge is 0.480 e.